The molecule has 0 aromatic heterocycles. The standard InChI is InChI=1S/C50H89NO18/c1-3-5-7-9-11-12-13-14-15-16-17-18-19-20-22-24-26-28-38(56)51-33(34(55)27-25-23-21-10-8-6-4-2)32-64-48-44(62)41(59)46(36(30-53)66-48)69-50-45(63)42(60)47(37(31-54)67-50)68-49-43(61)40(58)39(57)35(29-52)65-49/h8,10,14-15,25,27,33-37,39-50,52-55,57-63H,3-7,9,11-13,16-24,26,28-32H2,1-2H3,(H,51,56)/b10-8+,15-14-,27-25+. The third kappa shape index (κ3) is 21.2. The van der Waals surface area contributed by atoms with Gasteiger partial charge in [0.25, 0.3) is 0 Å². The number of hydrogen-bond acceptors (Lipinski definition) is 18. The average Bonchev–Trinajstić information content (AvgIpc) is 3.34. The number of unbranched alkanes of at least 4 members (excludes halogenated alkanes) is 15. The Morgan fingerprint density at radius 1 is 0.507 bits per heavy atom. The van der Waals surface area contributed by atoms with E-state index in [1.165, 1.54) is 57.8 Å². The molecule has 69 heavy (non-hydrogen) atoms. The van der Waals surface area contributed by atoms with Crippen molar-refractivity contribution >= 4 is 5.91 Å². The largest absolute Gasteiger partial charge is 0.394 e. The highest BCUT2D eigenvalue weighted by Crippen LogP contribution is 2.33. The number of aliphatic hydroxyl groups is 11. The molecule has 1 amide bonds. The molecule has 17 unspecified atom stereocenters. The summed E-state index contributed by atoms with van der Waals surface area (Å²) in [4.78, 5) is 13.2. The number of nitrogens with one attached hydrogen (secondary N) is 1. The normalized spacial score (nSPS) is 33.1. The molecule has 19 heteroatoms. The fourth-order valence-electron chi connectivity index (χ4n) is 8.56. The van der Waals surface area contributed by atoms with Crippen molar-refractivity contribution in [3.05, 3.63) is 36.5 Å². The molecule has 19 nitrogen and oxygen atoms in total. The molecule has 17 atom stereocenters. The van der Waals surface area contributed by atoms with Crippen LogP contribution < -0.4 is 5.32 Å². The first-order valence-corrected chi connectivity index (χ1v) is 25.7. The molecule has 12 N–H and O–H groups in total. The molecule has 0 saturated carbocycles. The molecule has 3 saturated heterocycles. The minimum Gasteiger partial charge on any atom is -0.394 e. The summed E-state index contributed by atoms with van der Waals surface area (Å²) in [6, 6.07) is -0.987. The highest BCUT2D eigenvalue weighted by Gasteiger charge is 2.53. The van der Waals surface area contributed by atoms with Crippen molar-refractivity contribution in [2.24, 2.45) is 0 Å². The van der Waals surface area contributed by atoms with E-state index in [0.29, 0.717) is 12.8 Å². The summed E-state index contributed by atoms with van der Waals surface area (Å²) in [5.74, 6) is -0.298. The van der Waals surface area contributed by atoms with Gasteiger partial charge in [0, 0.05) is 6.42 Å². The first kappa shape index (κ1) is 61.3. The van der Waals surface area contributed by atoms with Crippen LogP contribution in [-0.4, -0.2) is 193 Å². The summed E-state index contributed by atoms with van der Waals surface area (Å²) in [6.45, 7) is 1.53. The maximum atomic E-state index is 13.2. The topological polar surface area (TPSA) is 307 Å². The van der Waals surface area contributed by atoms with Crippen LogP contribution in [0.1, 0.15) is 142 Å². The highest BCUT2D eigenvalue weighted by atomic mass is 16.8. The summed E-state index contributed by atoms with van der Waals surface area (Å²) >= 11 is 0. The van der Waals surface area contributed by atoms with E-state index >= 15 is 0 Å². The number of carbonyl (C=O) groups is 1. The van der Waals surface area contributed by atoms with Crippen LogP contribution in [0.3, 0.4) is 0 Å². The van der Waals surface area contributed by atoms with E-state index in [1.807, 2.05) is 0 Å². The Balaban J connectivity index is 1.52. The van der Waals surface area contributed by atoms with Gasteiger partial charge in [-0.3, -0.25) is 4.79 Å². The van der Waals surface area contributed by atoms with Crippen LogP contribution in [0.15, 0.2) is 36.5 Å². The molecule has 3 aliphatic heterocycles. The molecule has 3 aliphatic rings. The molecule has 0 radical (unpaired) electrons. The van der Waals surface area contributed by atoms with Gasteiger partial charge in [0.15, 0.2) is 18.9 Å². The zero-order valence-electron chi connectivity index (χ0n) is 41.0. The van der Waals surface area contributed by atoms with Gasteiger partial charge >= 0.3 is 0 Å². The molecular weight excluding hydrogens is 903 g/mol. The summed E-state index contributed by atoms with van der Waals surface area (Å²) in [6.07, 6.45) is 6.21. The summed E-state index contributed by atoms with van der Waals surface area (Å²) in [5, 5.41) is 119. The van der Waals surface area contributed by atoms with Gasteiger partial charge in [0.2, 0.25) is 5.91 Å². The molecule has 0 aromatic carbocycles. The van der Waals surface area contributed by atoms with Gasteiger partial charge in [-0.1, -0.05) is 121 Å². The van der Waals surface area contributed by atoms with Crippen LogP contribution in [0.4, 0.5) is 0 Å². The van der Waals surface area contributed by atoms with E-state index < -0.39 is 124 Å². The Bertz CT molecular complexity index is 1420. The van der Waals surface area contributed by atoms with Gasteiger partial charge in [0.1, 0.15) is 73.2 Å². The van der Waals surface area contributed by atoms with Crippen molar-refractivity contribution in [2.45, 2.75) is 247 Å². The predicted molar refractivity (Wildman–Crippen MR) is 254 cm³/mol. The van der Waals surface area contributed by atoms with Crippen LogP contribution in [-0.2, 0) is 33.2 Å². The van der Waals surface area contributed by atoms with Gasteiger partial charge in [-0.15, -0.1) is 0 Å². The Morgan fingerprint density at radius 3 is 1.51 bits per heavy atom. The van der Waals surface area contributed by atoms with Gasteiger partial charge in [-0.25, -0.2) is 0 Å². The molecule has 0 bridgehead atoms. The summed E-state index contributed by atoms with van der Waals surface area (Å²) in [5.41, 5.74) is 0. The monoisotopic (exact) mass is 992 g/mol. The fraction of sp³-hybridized carbons (Fsp3) is 0.860. The van der Waals surface area contributed by atoms with Crippen LogP contribution in [0.5, 0.6) is 0 Å². The van der Waals surface area contributed by atoms with Crippen LogP contribution in [0.2, 0.25) is 0 Å². The van der Waals surface area contributed by atoms with E-state index in [-0.39, 0.29) is 18.9 Å². The number of amides is 1. The fourth-order valence-corrected chi connectivity index (χ4v) is 8.56. The SMILES string of the molecule is CCC/C=C/CC/C=C/C(O)C(COC1OC(CO)C(OC2OC(CO)C(OC3OC(CO)C(O)C(O)C3O)C(O)C2O)C(O)C1O)NC(=O)CCCCCCCCC/C=C\CCCCCCCC. The van der Waals surface area contributed by atoms with Gasteiger partial charge in [-0.2, -0.15) is 0 Å². The van der Waals surface area contributed by atoms with Gasteiger partial charge in [0.05, 0.1) is 38.6 Å². The number of carbonyl (C=O) groups excluding carboxylic acids is 1. The second-order valence-electron chi connectivity index (χ2n) is 18.6. The number of allylic oxidation sites excluding steroid dienone is 5. The second kappa shape index (κ2) is 35.2. The predicted octanol–water partition coefficient (Wildman–Crippen LogP) is 1.81. The molecule has 0 aromatic rings. The molecule has 0 aliphatic carbocycles. The van der Waals surface area contributed by atoms with Crippen molar-refractivity contribution in [1.82, 2.24) is 5.32 Å². The third-order valence-electron chi connectivity index (χ3n) is 12.9. The number of ether oxygens (including phenoxy) is 6. The van der Waals surface area contributed by atoms with E-state index in [1.54, 1.807) is 12.2 Å². The van der Waals surface area contributed by atoms with Crippen LogP contribution in [0, 0.1) is 0 Å². The van der Waals surface area contributed by atoms with Gasteiger partial charge < -0.3 is 89.9 Å². The van der Waals surface area contributed by atoms with Gasteiger partial charge in [-0.05, 0) is 51.4 Å². The smallest absolute Gasteiger partial charge is 0.220 e. The molecule has 3 rings (SSSR count). The lowest BCUT2D eigenvalue weighted by atomic mass is 9.96. The average molecular weight is 992 g/mol. The Labute approximate surface area is 409 Å². The minimum absolute atomic E-state index is 0.229. The quantitative estimate of drug-likeness (QED) is 0.0318. The molecule has 3 heterocycles. The molecule has 3 fully saturated rings. The summed E-state index contributed by atoms with van der Waals surface area (Å²) in [7, 11) is 0. The van der Waals surface area contributed by atoms with Crippen molar-refractivity contribution in [3.8, 4) is 0 Å². The molecule has 0 spiro atoms. The maximum Gasteiger partial charge on any atom is 0.220 e. The van der Waals surface area contributed by atoms with Crippen molar-refractivity contribution in [1.29, 1.82) is 0 Å². The first-order valence-electron chi connectivity index (χ1n) is 25.7. The minimum atomic E-state index is -1.98. The zero-order valence-corrected chi connectivity index (χ0v) is 41.0. The molecular formula is C50H89NO18. The van der Waals surface area contributed by atoms with Crippen LogP contribution >= 0.6 is 0 Å². The van der Waals surface area contributed by atoms with Crippen molar-refractivity contribution in [3.63, 3.8) is 0 Å². The highest BCUT2D eigenvalue weighted by molar-refractivity contribution is 5.76. The summed E-state index contributed by atoms with van der Waals surface area (Å²) < 4.78 is 34.0. The number of rotatable bonds is 35. The van der Waals surface area contributed by atoms with E-state index in [4.69, 9.17) is 28.4 Å². The number of aliphatic hydroxyl groups excluding tert-OH is 11. The zero-order chi connectivity index (χ0) is 50.6. The first-order chi connectivity index (χ1) is 33.3. The van der Waals surface area contributed by atoms with E-state index in [0.717, 1.165) is 51.4 Å². The maximum absolute atomic E-state index is 13.2. The van der Waals surface area contributed by atoms with Crippen molar-refractivity contribution < 1.29 is 89.4 Å². The lowest BCUT2D eigenvalue weighted by Crippen LogP contribution is -2.66. The lowest BCUT2D eigenvalue weighted by molar-refractivity contribution is -0.379. The van der Waals surface area contributed by atoms with E-state index in [2.05, 4.69) is 43.5 Å². The second-order valence-corrected chi connectivity index (χ2v) is 18.6. The van der Waals surface area contributed by atoms with Crippen molar-refractivity contribution in [2.75, 3.05) is 26.4 Å². The lowest BCUT2D eigenvalue weighted by Gasteiger charge is -2.48. The van der Waals surface area contributed by atoms with Crippen LogP contribution in [0.25, 0.3) is 0 Å². The Hall–Kier alpha value is -1.99. The third-order valence-corrected chi connectivity index (χ3v) is 12.9. The Kier molecular flexibility index (Phi) is 31.3. The van der Waals surface area contributed by atoms with E-state index in [9.17, 15) is 61.0 Å². The molecule has 402 valence electrons. The Morgan fingerprint density at radius 2 is 0.957 bits per heavy atom. The number of hydrogen-bond donors (Lipinski definition) is 12.